The van der Waals surface area contributed by atoms with Crippen LogP contribution in [0.2, 0.25) is 0 Å². The zero-order valence-electron chi connectivity index (χ0n) is 23.1. The number of piperidine rings is 1. The summed E-state index contributed by atoms with van der Waals surface area (Å²) in [7, 11) is 0. The summed E-state index contributed by atoms with van der Waals surface area (Å²) in [5.41, 5.74) is 1.15. The number of fused-ring (bicyclic) bond motifs is 1. The normalized spacial score (nSPS) is 22.7. The second kappa shape index (κ2) is 15.2. The van der Waals surface area contributed by atoms with Crippen molar-refractivity contribution >= 4 is 23.6 Å². The molecule has 11 heteroatoms. The second-order valence-electron chi connectivity index (χ2n) is 10.4. The van der Waals surface area contributed by atoms with Crippen LogP contribution >= 0.6 is 0 Å². The Balaban J connectivity index is 1.52. The van der Waals surface area contributed by atoms with Gasteiger partial charge in [0, 0.05) is 13.1 Å². The van der Waals surface area contributed by atoms with Crippen LogP contribution in [0.1, 0.15) is 41.6 Å². The van der Waals surface area contributed by atoms with Gasteiger partial charge in [-0.1, -0.05) is 48.9 Å². The van der Waals surface area contributed by atoms with Crippen LogP contribution in [-0.2, 0) is 20.8 Å². The Morgan fingerprint density at radius 3 is 2.44 bits per heavy atom. The van der Waals surface area contributed by atoms with Gasteiger partial charge in [-0.15, -0.1) is 0 Å². The van der Waals surface area contributed by atoms with E-state index in [4.69, 9.17) is 4.74 Å². The van der Waals surface area contributed by atoms with Crippen LogP contribution in [0.4, 0.5) is 0 Å². The Hall–Kier alpha value is -3.96. The highest BCUT2D eigenvalue weighted by atomic mass is 16.5. The molecular weight excluding hydrogens is 526 g/mol. The average Bonchev–Trinajstić information content (AvgIpc) is 2.99. The van der Waals surface area contributed by atoms with E-state index >= 15 is 0 Å². The van der Waals surface area contributed by atoms with E-state index in [1.807, 2.05) is 30.3 Å². The summed E-state index contributed by atoms with van der Waals surface area (Å²) < 4.78 is 6.02. The van der Waals surface area contributed by atoms with Gasteiger partial charge in [-0.25, -0.2) is 0 Å². The number of aliphatic hydroxyl groups is 1. The van der Waals surface area contributed by atoms with Crippen LogP contribution in [-0.4, -0.2) is 91.2 Å². The minimum absolute atomic E-state index is 0.0252. The molecule has 0 bridgehead atoms. The summed E-state index contributed by atoms with van der Waals surface area (Å²) in [5.74, 6) is -2.03. The predicted octanol–water partition coefficient (Wildman–Crippen LogP) is 0.374. The van der Waals surface area contributed by atoms with Gasteiger partial charge in [-0.2, -0.15) is 0 Å². The third-order valence-electron chi connectivity index (χ3n) is 7.26. The van der Waals surface area contributed by atoms with E-state index in [1.165, 1.54) is 6.42 Å². The second-order valence-corrected chi connectivity index (χ2v) is 10.4. The van der Waals surface area contributed by atoms with Crippen molar-refractivity contribution in [1.82, 2.24) is 26.2 Å². The minimum atomic E-state index is -1.24. The van der Waals surface area contributed by atoms with Crippen LogP contribution in [0.5, 0.6) is 5.75 Å². The average molecular weight is 566 g/mol. The first-order chi connectivity index (χ1) is 19.9. The van der Waals surface area contributed by atoms with E-state index in [0.717, 1.165) is 31.5 Å². The fourth-order valence-electron chi connectivity index (χ4n) is 5.04. The number of amides is 4. The van der Waals surface area contributed by atoms with Crippen LogP contribution in [0.3, 0.4) is 0 Å². The number of hydrogen-bond acceptors (Lipinski definition) is 7. The molecule has 2 aromatic carbocycles. The molecule has 5 N–H and O–H groups in total. The number of nitrogens with zero attached hydrogens (tertiary/aromatic N) is 1. The Morgan fingerprint density at radius 2 is 1.68 bits per heavy atom. The van der Waals surface area contributed by atoms with Crippen molar-refractivity contribution in [3.63, 3.8) is 0 Å². The number of carbonyl (C=O) groups excluding carboxylic acids is 4. The van der Waals surface area contributed by atoms with Crippen molar-refractivity contribution in [1.29, 1.82) is 0 Å². The van der Waals surface area contributed by atoms with E-state index in [-0.39, 0.29) is 17.9 Å². The molecule has 11 nitrogen and oxygen atoms in total. The van der Waals surface area contributed by atoms with E-state index in [1.54, 1.807) is 24.3 Å². The molecule has 0 aromatic heterocycles. The van der Waals surface area contributed by atoms with Crippen LogP contribution in [0, 0.1) is 0 Å². The Morgan fingerprint density at radius 1 is 0.951 bits per heavy atom. The van der Waals surface area contributed by atoms with Crippen molar-refractivity contribution in [2.75, 3.05) is 39.4 Å². The molecular formula is C30H39N5O6. The minimum Gasteiger partial charge on any atom is -0.491 e. The molecule has 4 rings (SSSR count). The maximum atomic E-state index is 13.3. The highest BCUT2D eigenvalue weighted by Crippen LogP contribution is 2.19. The van der Waals surface area contributed by atoms with Gasteiger partial charge >= 0.3 is 0 Å². The maximum absolute atomic E-state index is 13.3. The molecule has 0 unspecified atom stereocenters. The largest absolute Gasteiger partial charge is 0.491 e. The molecule has 0 saturated carbocycles. The lowest BCUT2D eigenvalue weighted by Gasteiger charge is -2.27. The lowest BCUT2D eigenvalue weighted by atomic mass is 10.1. The van der Waals surface area contributed by atoms with E-state index in [2.05, 4.69) is 26.2 Å². The summed E-state index contributed by atoms with van der Waals surface area (Å²) in [6, 6.07) is 13.2. The van der Waals surface area contributed by atoms with Gasteiger partial charge in [0.05, 0.1) is 24.6 Å². The predicted molar refractivity (Wildman–Crippen MR) is 152 cm³/mol. The lowest BCUT2D eigenvalue weighted by Crippen LogP contribution is -2.55. The lowest BCUT2D eigenvalue weighted by molar-refractivity contribution is -0.132. The number of hydrogen-bond donors (Lipinski definition) is 5. The quantitative estimate of drug-likeness (QED) is 0.326. The van der Waals surface area contributed by atoms with Gasteiger partial charge in [0.1, 0.15) is 24.4 Å². The molecule has 4 amide bonds. The molecule has 1 fully saturated rings. The molecule has 0 aliphatic carbocycles. The third-order valence-corrected chi connectivity index (χ3v) is 7.26. The van der Waals surface area contributed by atoms with Crippen molar-refractivity contribution in [2.45, 2.75) is 50.2 Å². The van der Waals surface area contributed by atoms with Crippen LogP contribution < -0.4 is 26.0 Å². The van der Waals surface area contributed by atoms with Gasteiger partial charge in [-0.05, 0) is 50.0 Å². The third kappa shape index (κ3) is 9.02. The summed E-state index contributed by atoms with van der Waals surface area (Å²) in [5, 5.41) is 20.7. The molecule has 1 saturated heterocycles. The number of ether oxygens (including phenoxy) is 1. The zero-order valence-corrected chi connectivity index (χ0v) is 23.1. The fourth-order valence-corrected chi connectivity index (χ4v) is 5.04. The van der Waals surface area contributed by atoms with Gasteiger partial charge in [0.15, 0.2) is 0 Å². The molecule has 2 aromatic rings. The number of carbonyl (C=O) groups is 4. The smallest absolute Gasteiger partial charge is 0.255 e. The Kier molecular flexibility index (Phi) is 11.1. The molecule has 41 heavy (non-hydrogen) atoms. The molecule has 2 aliphatic rings. The molecule has 2 aliphatic heterocycles. The van der Waals surface area contributed by atoms with Gasteiger partial charge in [-0.3, -0.25) is 19.2 Å². The Labute approximate surface area is 240 Å². The number of benzene rings is 2. The summed E-state index contributed by atoms with van der Waals surface area (Å²) in [6.07, 6.45) is 3.47. The van der Waals surface area contributed by atoms with Crippen molar-refractivity contribution in [3.05, 3.63) is 65.7 Å². The van der Waals surface area contributed by atoms with Gasteiger partial charge < -0.3 is 36.0 Å². The Bertz CT molecular complexity index is 1190. The maximum Gasteiger partial charge on any atom is 0.255 e. The van der Waals surface area contributed by atoms with Crippen molar-refractivity contribution in [2.24, 2.45) is 0 Å². The number of likely N-dealkylation sites (tertiary alicyclic amines) is 1. The first-order valence-electron chi connectivity index (χ1n) is 14.2. The van der Waals surface area contributed by atoms with Gasteiger partial charge in [0.25, 0.3) is 5.91 Å². The molecule has 220 valence electrons. The highest BCUT2D eigenvalue weighted by molar-refractivity contribution is 6.01. The van der Waals surface area contributed by atoms with Crippen molar-refractivity contribution in [3.8, 4) is 5.75 Å². The first-order valence-corrected chi connectivity index (χ1v) is 14.2. The van der Waals surface area contributed by atoms with Crippen LogP contribution in [0.25, 0.3) is 0 Å². The number of nitrogens with one attached hydrogen (secondary N) is 4. The van der Waals surface area contributed by atoms with Crippen LogP contribution in [0.15, 0.2) is 54.6 Å². The summed E-state index contributed by atoms with van der Waals surface area (Å²) in [4.78, 5) is 54.8. The molecule has 0 spiro atoms. The molecule has 3 atom stereocenters. The van der Waals surface area contributed by atoms with Gasteiger partial charge in [0.2, 0.25) is 17.7 Å². The summed E-state index contributed by atoms with van der Waals surface area (Å²) in [6.45, 7) is 2.39. The van der Waals surface area contributed by atoms with E-state index in [0.29, 0.717) is 19.5 Å². The number of rotatable bonds is 7. The fraction of sp³-hybridized carbons (Fsp3) is 0.467. The number of aliphatic hydroxyl groups excluding tert-OH is 1. The van der Waals surface area contributed by atoms with E-state index in [9.17, 15) is 24.3 Å². The SMILES string of the molecule is O=C1C[C@@H](C(=O)NCCN2CCCCC2)NC(=O)c2ccccc2OC[C@@H](Cc2ccccc2)NC(=O)[C@H](CO)N1. The topological polar surface area (TPSA) is 149 Å². The zero-order chi connectivity index (χ0) is 29.0. The molecule has 0 radical (unpaired) electrons. The number of para-hydroxylation sites is 1. The summed E-state index contributed by atoms with van der Waals surface area (Å²) >= 11 is 0. The molecule has 2 heterocycles. The first kappa shape index (κ1) is 30.0. The van der Waals surface area contributed by atoms with E-state index < -0.39 is 54.8 Å². The monoisotopic (exact) mass is 565 g/mol. The van der Waals surface area contributed by atoms with Crippen molar-refractivity contribution < 1.29 is 29.0 Å². The standard InChI is InChI=1S/C30H39N5O6/c36-19-25-30(40)32-22(17-21-9-3-1-4-10-21)20-41-26-12-6-5-11-23(26)28(38)34-24(18-27(37)33-25)29(39)31-13-16-35-14-7-2-8-15-35/h1,3-6,9-12,22,24-25,36H,2,7-8,13-20H2,(H,31,39)(H,32,40)(H,33,37)(H,34,38)/t22-,24+,25+/m1/s1. The highest BCUT2D eigenvalue weighted by Gasteiger charge is 2.29.